The zero-order valence-corrected chi connectivity index (χ0v) is 9.17. The van der Waals surface area contributed by atoms with Gasteiger partial charge in [0, 0.05) is 13.1 Å². The van der Waals surface area contributed by atoms with Crippen LogP contribution in [-0.2, 0) is 0 Å². The largest absolute Gasteiger partial charge is 0.354 e. The van der Waals surface area contributed by atoms with E-state index in [0.29, 0.717) is 5.15 Å². The number of hydrogen-bond acceptors (Lipinski definition) is 3. The summed E-state index contributed by atoms with van der Waals surface area (Å²) >= 11 is 11.7. The predicted molar refractivity (Wildman–Crippen MR) is 58.1 cm³/mol. The molecule has 0 bridgehead atoms. The molecule has 1 atom stereocenters. The van der Waals surface area contributed by atoms with E-state index in [-0.39, 0.29) is 5.38 Å². The predicted octanol–water partition coefficient (Wildman–Crippen LogP) is 2.34. The molecule has 5 heteroatoms. The third-order valence-corrected chi connectivity index (χ3v) is 2.86. The Morgan fingerprint density at radius 1 is 1.36 bits per heavy atom. The molecule has 0 saturated carbocycles. The third kappa shape index (κ3) is 2.28. The van der Waals surface area contributed by atoms with Crippen molar-refractivity contribution in [3.8, 4) is 0 Å². The van der Waals surface area contributed by atoms with Gasteiger partial charge in [-0.2, -0.15) is 0 Å². The molecule has 1 unspecified atom stereocenters. The van der Waals surface area contributed by atoms with E-state index < -0.39 is 0 Å². The molecule has 14 heavy (non-hydrogen) atoms. The first kappa shape index (κ1) is 9.99. The van der Waals surface area contributed by atoms with Gasteiger partial charge in [0.25, 0.3) is 0 Å². The molecule has 0 spiro atoms. The number of rotatable bonds is 1. The molecule has 1 aromatic rings. The highest BCUT2D eigenvalue weighted by Crippen LogP contribution is 2.20. The second-order valence-electron chi connectivity index (χ2n) is 3.40. The van der Waals surface area contributed by atoms with Crippen LogP contribution in [0.15, 0.2) is 12.1 Å². The summed E-state index contributed by atoms with van der Waals surface area (Å²) < 4.78 is 0. The highest BCUT2D eigenvalue weighted by Gasteiger charge is 2.18. The molecule has 1 aliphatic heterocycles. The van der Waals surface area contributed by atoms with Gasteiger partial charge in [0.2, 0.25) is 0 Å². The lowest BCUT2D eigenvalue weighted by atomic mass is 10.1. The summed E-state index contributed by atoms with van der Waals surface area (Å²) in [6.45, 7) is 1.84. The zero-order chi connectivity index (χ0) is 9.97. The van der Waals surface area contributed by atoms with Crippen molar-refractivity contribution < 1.29 is 0 Å². The molecular formula is C9H11Cl2N3. The standard InChI is InChI=1S/C9H11Cl2N3/c10-7-2-1-5-14(6-7)9-4-3-8(11)12-13-9/h3-4,7H,1-2,5-6H2. The van der Waals surface area contributed by atoms with Crippen LogP contribution in [0, 0.1) is 0 Å². The van der Waals surface area contributed by atoms with Gasteiger partial charge in [0.05, 0.1) is 5.38 Å². The second-order valence-corrected chi connectivity index (χ2v) is 4.40. The molecule has 0 aromatic carbocycles. The van der Waals surface area contributed by atoms with Crippen molar-refractivity contribution in [3.05, 3.63) is 17.3 Å². The number of anilines is 1. The summed E-state index contributed by atoms with van der Waals surface area (Å²) in [5, 5.41) is 8.48. The van der Waals surface area contributed by atoms with E-state index >= 15 is 0 Å². The van der Waals surface area contributed by atoms with Crippen LogP contribution in [-0.4, -0.2) is 28.7 Å². The summed E-state index contributed by atoms with van der Waals surface area (Å²) in [6, 6.07) is 3.63. The normalized spacial score (nSPS) is 22.4. The van der Waals surface area contributed by atoms with Crippen LogP contribution >= 0.6 is 23.2 Å². The Bertz CT molecular complexity index is 301. The molecule has 1 aromatic heterocycles. The summed E-state index contributed by atoms with van der Waals surface area (Å²) in [4.78, 5) is 2.14. The highest BCUT2D eigenvalue weighted by molar-refractivity contribution is 6.29. The van der Waals surface area contributed by atoms with Crippen LogP contribution in [0.1, 0.15) is 12.8 Å². The Kier molecular flexibility index (Phi) is 3.08. The van der Waals surface area contributed by atoms with Crippen molar-refractivity contribution in [2.45, 2.75) is 18.2 Å². The molecule has 0 N–H and O–H groups in total. The molecule has 0 amide bonds. The summed E-state index contributed by atoms with van der Waals surface area (Å²) in [5.74, 6) is 0.861. The Morgan fingerprint density at radius 3 is 2.86 bits per heavy atom. The monoisotopic (exact) mass is 231 g/mol. The van der Waals surface area contributed by atoms with Crippen LogP contribution in [0.25, 0.3) is 0 Å². The lowest BCUT2D eigenvalue weighted by molar-refractivity contribution is 0.577. The first-order valence-corrected chi connectivity index (χ1v) is 5.45. The number of halogens is 2. The first-order chi connectivity index (χ1) is 6.75. The van der Waals surface area contributed by atoms with Crippen molar-refractivity contribution in [1.82, 2.24) is 10.2 Å². The van der Waals surface area contributed by atoms with Crippen molar-refractivity contribution in [2.75, 3.05) is 18.0 Å². The number of piperidine rings is 1. The fourth-order valence-electron chi connectivity index (χ4n) is 1.61. The van der Waals surface area contributed by atoms with E-state index in [1.54, 1.807) is 6.07 Å². The first-order valence-electron chi connectivity index (χ1n) is 4.64. The van der Waals surface area contributed by atoms with Gasteiger partial charge in [-0.05, 0) is 25.0 Å². The van der Waals surface area contributed by atoms with Crippen molar-refractivity contribution in [3.63, 3.8) is 0 Å². The molecule has 0 radical (unpaired) electrons. The van der Waals surface area contributed by atoms with Crippen LogP contribution in [0.5, 0.6) is 0 Å². The summed E-state index contributed by atoms with van der Waals surface area (Å²) in [6.07, 6.45) is 2.19. The van der Waals surface area contributed by atoms with Gasteiger partial charge in [-0.1, -0.05) is 11.6 Å². The smallest absolute Gasteiger partial charge is 0.151 e. The highest BCUT2D eigenvalue weighted by atomic mass is 35.5. The minimum Gasteiger partial charge on any atom is -0.354 e. The lowest BCUT2D eigenvalue weighted by Gasteiger charge is -2.30. The Hall–Kier alpha value is -0.540. The van der Waals surface area contributed by atoms with Crippen LogP contribution in [0.4, 0.5) is 5.82 Å². The molecule has 2 heterocycles. The quantitative estimate of drug-likeness (QED) is 0.696. The van der Waals surface area contributed by atoms with Gasteiger partial charge >= 0.3 is 0 Å². The number of aromatic nitrogens is 2. The SMILES string of the molecule is Clc1ccc(N2CCCC(Cl)C2)nn1. The number of alkyl halides is 1. The number of nitrogens with zero attached hydrogens (tertiary/aromatic N) is 3. The zero-order valence-electron chi connectivity index (χ0n) is 7.66. The maximum Gasteiger partial charge on any atom is 0.151 e. The third-order valence-electron chi connectivity index (χ3n) is 2.31. The Morgan fingerprint density at radius 2 is 2.21 bits per heavy atom. The fraction of sp³-hybridized carbons (Fsp3) is 0.556. The maximum absolute atomic E-state index is 6.08. The van der Waals surface area contributed by atoms with E-state index in [1.165, 1.54) is 0 Å². The van der Waals surface area contributed by atoms with E-state index in [2.05, 4.69) is 15.1 Å². The number of hydrogen-bond donors (Lipinski definition) is 0. The van der Waals surface area contributed by atoms with Crippen molar-refractivity contribution >= 4 is 29.0 Å². The topological polar surface area (TPSA) is 29.0 Å². The maximum atomic E-state index is 6.08. The molecule has 1 saturated heterocycles. The fourth-order valence-corrected chi connectivity index (χ4v) is 2.03. The van der Waals surface area contributed by atoms with E-state index in [1.807, 2.05) is 6.07 Å². The molecular weight excluding hydrogens is 221 g/mol. The Labute approximate surface area is 93.0 Å². The van der Waals surface area contributed by atoms with Gasteiger partial charge < -0.3 is 4.90 Å². The van der Waals surface area contributed by atoms with E-state index in [0.717, 1.165) is 31.7 Å². The van der Waals surface area contributed by atoms with Gasteiger partial charge in [0.15, 0.2) is 11.0 Å². The van der Waals surface area contributed by atoms with Gasteiger partial charge in [-0.3, -0.25) is 0 Å². The molecule has 2 rings (SSSR count). The van der Waals surface area contributed by atoms with Crippen molar-refractivity contribution in [2.24, 2.45) is 0 Å². The average Bonchev–Trinajstić information content (AvgIpc) is 2.19. The molecule has 76 valence electrons. The van der Waals surface area contributed by atoms with Gasteiger partial charge in [-0.25, -0.2) is 0 Å². The van der Waals surface area contributed by atoms with Gasteiger partial charge in [0.1, 0.15) is 0 Å². The second kappa shape index (κ2) is 4.32. The van der Waals surface area contributed by atoms with Crippen LogP contribution < -0.4 is 4.90 Å². The summed E-state index contributed by atoms with van der Waals surface area (Å²) in [5.41, 5.74) is 0. The summed E-state index contributed by atoms with van der Waals surface area (Å²) in [7, 11) is 0. The molecule has 1 fully saturated rings. The molecule has 3 nitrogen and oxygen atoms in total. The van der Waals surface area contributed by atoms with Gasteiger partial charge in [-0.15, -0.1) is 21.8 Å². The molecule has 0 aliphatic carbocycles. The van der Waals surface area contributed by atoms with Crippen molar-refractivity contribution in [1.29, 1.82) is 0 Å². The average molecular weight is 232 g/mol. The van der Waals surface area contributed by atoms with E-state index in [4.69, 9.17) is 23.2 Å². The Balaban J connectivity index is 2.10. The minimum atomic E-state index is 0.223. The van der Waals surface area contributed by atoms with Crippen LogP contribution in [0.3, 0.4) is 0 Å². The van der Waals surface area contributed by atoms with E-state index in [9.17, 15) is 0 Å². The minimum absolute atomic E-state index is 0.223. The van der Waals surface area contributed by atoms with Crippen LogP contribution in [0.2, 0.25) is 5.15 Å². The molecule has 1 aliphatic rings. The lowest BCUT2D eigenvalue weighted by Crippen LogP contribution is -2.36.